The average molecular weight is 522 g/mol. The van der Waals surface area contributed by atoms with Gasteiger partial charge in [0.05, 0.1) is 18.5 Å². The van der Waals surface area contributed by atoms with Crippen molar-refractivity contribution < 1.29 is 28.2 Å². The lowest BCUT2D eigenvalue weighted by atomic mass is 9.90. The fourth-order valence-corrected chi connectivity index (χ4v) is 5.27. The highest BCUT2D eigenvalue weighted by Crippen LogP contribution is 2.37. The first-order valence-electron chi connectivity index (χ1n) is 11.9. The molecule has 3 aliphatic rings. The Bertz CT molecular complexity index is 1130. The Labute approximate surface area is 211 Å². The molecule has 5 rings (SSSR count). The Kier molecular flexibility index (Phi) is 6.94. The number of alkyl halides is 2. The summed E-state index contributed by atoms with van der Waals surface area (Å²) in [5.41, 5.74) is 0.150. The number of nitrogens with one attached hydrogen (secondary N) is 1. The van der Waals surface area contributed by atoms with Gasteiger partial charge in [0.15, 0.2) is 11.9 Å². The summed E-state index contributed by atoms with van der Waals surface area (Å²) in [4.78, 5) is 36.7. The molecule has 12 heteroatoms. The molecular weight excluding hydrogens is 496 g/mol. The van der Waals surface area contributed by atoms with Crippen molar-refractivity contribution in [1.29, 1.82) is 0 Å². The van der Waals surface area contributed by atoms with Gasteiger partial charge in [-0.2, -0.15) is 0 Å². The molecule has 1 aromatic heterocycles. The maximum absolute atomic E-state index is 13.0. The van der Waals surface area contributed by atoms with Crippen LogP contribution in [0, 0.1) is 0 Å². The van der Waals surface area contributed by atoms with Crippen LogP contribution in [-0.4, -0.2) is 63.2 Å². The quantitative estimate of drug-likeness (QED) is 0.622. The van der Waals surface area contributed by atoms with Crippen LogP contribution < -0.4 is 15.0 Å². The van der Waals surface area contributed by atoms with Crippen LogP contribution in [0.4, 0.5) is 19.4 Å². The summed E-state index contributed by atoms with van der Waals surface area (Å²) >= 11 is 5.99. The summed E-state index contributed by atoms with van der Waals surface area (Å²) in [7, 11) is 0. The van der Waals surface area contributed by atoms with Crippen molar-refractivity contribution in [2.24, 2.45) is 0 Å². The molecule has 0 bridgehead atoms. The van der Waals surface area contributed by atoms with Crippen molar-refractivity contribution in [3.63, 3.8) is 0 Å². The van der Waals surface area contributed by atoms with Crippen LogP contribution in [0.1, 0.15) is 55.9 Å². The SMILES string of the molecule is O=C(NC1CCC(N2CCN(c3cnc(C(F)F)cn3)C2=O)CC1)C1CC(O)c2cc(Cl)ccc2O1. The Morgan fingerprint density at radius 2 is 1.94 bits per heavy atom. The third-order valence-corrected chi connectivity index (χ3v) is 7.25. The Morgan fingerprint density at radius 1 is 1.17 bits per heavy atom. The van der Waals surface area contributed by atoms with E-state index in [1.807, 2.05) is 0 Å². The number of aliphatic hydroxyl groups is 1. The highest BCUT2D eigenvalue weighted by Gasteiger charge is 2.38. The summed E-state index contributed by atoms with van der Waals surface area (Å²) in [5, 5.41) is 14.0. The zero-order valence-corrected chi connectivity index (χ0v) is 20.1. The smallest absolute Gasteiger partial charge is 0.326 e. The second kappa shape index (κ2) is 10.1. The van der Waals surface area contributed by atoms with Crippen molar-refractivity contribution in [2.45, 2.75) is 62.8 Å². The molecule has 1 saturated heterocycles. The molecule has 36 heavy (non-hydrogen) atoms. The van der Waals surface area contributed by atoms with Gasteiger partial charge in [0.1, 0.15) is 11.4 Å². The Hall–Kier alpha value is -3.05. The molecule has 2 aliphatic heterocycles. The minimum atomic E-state index is -2.71. The van der Waals surface area contributed by atoms with E-state index in [1.165, 1.54) is 11.1 Å². The normalized spacial score (nSPS) is 26.1. The molecule has 2 atom stereocenters. The summed E-state index contributed by atoms with van der Waals surface area (Å²) in [5.74, 6) is 0.436. The van der Waals surface area contributed by atoms with Gasteiger partial charge >= 0.3 is 6.03 Å². The van der Waals surface area contributed by atoms with Crippen molar-refractivity contribution in [2.75, 3.05) is 18.0 Å². The van der Waals surface area contributed by atoms with Gasteiger partial charge in [-0.25, -0.2) is 23.5 Å². The summed E-state index contributed by atoms with van der Waals surface area (Å²) in [6.45, 7) is 0.919. The molecular formula is C24H26ClF2N5O4. The summed E-state index contributed by atoms with van der Waals surface area (Å²) in [6.07, 6.45) is 0.836. The third-order valence-electron chi connectivity index (χ3n) is 7.01. The van der Waals surface area contributed by atoms with Gasteiger partial charge in [-0.1, -0.05) is 11.6 Å². The number of carbonyl (C=O) groups excluding carboxylic acids is 2. The second-order valence-corrected chi connectivity index (χ2v) is 9.72. The molecule has 1 aromatic carbocycles. The van der Waals surface area contributed by atoms with E-state index in [4.69, 9.17) is 16.3 Å². The lowest BCUT2D eigenvalue weighted by Crippen LogP contribution is -2.49. The fourth-order valence-electron chi connectivity index (χ4n) is 5.09. The number of hydrogen-bond donors (Lipinski definition) is 2. The maximum atomic E-state index is 13.0. The molecule has 2 N–H and O–H groups in total. The number of urea groups is 1. The van der Waals surface area contributed by atoms with Gasteiger partial charge in [-0.15, -0.1) is 0 Å². The van der Waals surface area contributed by atoms with Crippen molar-refractivity contribution in [3.05, 3.63) is 46.9 Å². The Morgan fingerprint density at radius 3 is 2.64 bits per heavy atom. The predicted octanol–water partition coefficient (Wildman–Crippen LogP) is 3.62. The largest absolute Gasteiger partial charge is 0.480 e. The molecule has 1 saturated carbocycles. The van der Waals surface area contributed by atoms with Gasteiger partial charge in [-0.05, 0) is 43.9 Å². The first-order valence-corrected chi connectivity index (χ1v) is 12.3. The number of aliphatic hydroxyl groups excluding tert-OH is 1. The third kappa shape index (κ3) is 4.94. The van der Waals surface area contributed by atoms with Crippen LogP contribution in [-0.2, 0) is 4.79 Å². The van der Waals surface area contributed by atoms with Gasteiger partial charge in [-0.3, -0.25) is 9.69 Å². The number of anilines is 1. The highest BCUT2D eigenvalue weighted by atomic mass is 35.5. The summed E-state index contributed by atoms with van der Waals surface area (Å²) in [6, 6.07) is 4.70. The van der Waals surface area contributed by atoms with Crippen molar-refractivity contribution >= 4 is 29.4 Å². The number of fused-ring (bicyclic) bond motifs is 1. The lowest BCUT2D eigenvalue weighted by molar-refractivity contribution is -0.131. The number of carbonyl (C=O) groups is 2. The second-order valence-electron chi connectivity index (χ2n) is 9.28. The van der Waals surface area contributed by atoms with Crippen molar-refractivity contribution in [1.82, 2.24) is 20.2 Å². The van der Waals surface area contributed by atoms with E-state index in [2.05, 4.69) is 15.3 Å². The van der Waals surface area contributed by atoms with E-state index in [0.29, 0.717) is 42.3 Å². The molecule has 9 nitrogen and oxygen atoms in total. The number of rotatable bonds is 5. The zero-order valence-electron chi connectivity index (χ0n) is 19.3. The standard InChI is InChI=1S/C24H26ClF2N5O4/c25-13-1-6-19-16(9-13)18(33)10-20(36-19)23(34)30-14-2-4-15(5-3-14)31-7-8-32(24(31)35)21-12-28-17(11-29-21)22(26)27/h1,6,9,11-12,14-15,18,20,22,33H,2-5,7-8,10H2,(H,30,34). The predicted molar refractivity (Wildman–Crippen MR) is 126 cm³/mol. The lowest BCUT2D eigenvalue weighted by Gasteiger charge is -2.35. The first-order chi connectivity index (χ1) is 17.3. The number of nitrogens with zero attached hydrogens (tertiary/aromatic N) is 4. The molecule has 2 unspecified atom stereocenters. The molecule has 3 amide bonds. The fraction of sp³-hybridized carbons (Fsp3) is 0.500. The molecule has 192 valence electrons. The number of hydrogen-bond acceptors (Lipinski definition) is 6. The topological polar surface area (TPSA) is 108 Å². The van der Waals surface area contributed by atoms with Gasteiger partial charge in [0.25, 0.3) is 12.3 Å². The monoisotopic (exact) mass is 521 g/mol. The maximum Gasteiger partial charge on any atom is 0.326 e. The van der Waals surface area contributed by atoms with E-state index < -0.39 is 24.3 Å². The van der Waals surface area contributed by atoms with Crippen LogP contribution in [0.15, 0.2) is 30.6 Å². The van der Waals surface area contributed by atoms with E-state index in [0.717, 1.165) is 19.0 Å². The molecule has 0 spiro atoms. The molecule has 0 radical (unpaired) electrons. The highest BCUT2D eigenvalue weighted by molar-refractivity contribution is 6.30. The minimum absolute atomic E-state index is 0.0216. The summed E-state index contributed by atoms with van der Waals surface area (Å²) < 4.78 is 31.3. The minimum Gasteiger partial charge on any atom is -0.480 e. The van der Waals surface area contributed by atoms with E-state index in [-0.39, 0.29) is 36.3 Å². The average Bonchev–Trinajstić information content (AvgIpc) is 3.26. The van der Waals surface area contributed by atoms with Crippen LogP contribution in [0.2, 0.25) is 5.02 Å². The van der Waals surface area contributed by atoms with Crippen LogP contribution in [0.25, 0.3) is 0 Å². The Balaban J connectivity index is 1.13. The van der Waals surface area contributed by atoms with E-state index >= 15 is 0 Å². The number of aromatic nitrogens is 2. The van der Waals surface area contributed by atoms with Gasteiger partial charge in [0.2, 0.25) is 0 Å². The number of amides is 3. The molecule has 2 aromatic rings. The van der Waals surface area contributed by atoms with Crippen LogP contribution >= 0.6 is 11.6 Å². The van der Waals surface area contributed by atoms with E-state index in [1.54, 1.807) is 23.1 Å². The first kappa shape index (κ1) is 24.6. The number of ether oxygens (including phenoxy) is 1. The van der Waals surface area contributed by atoms with E-state index in [9.17, 15) is 23.5 Å². The molecule has 2 fully saturated rings. The molecule has 3 heterocycles. The van der Waals surface area contributed by atoms with Gasteiger partial charge < -0.3 is 20.1 Å². The molecule has 1 aliphatic carbocycles. The zero-order chi connectivity index (χ0) is 25.4. The van der Waals surface area contributed by atoms with Gasteiger partial charge in [0, 0.05) is 42.2 Å². The van der Waals surface area contributed by atoms with Crippen LogP contribution in [0.5, 0.6) is 5.75 Å². The van der Waals surface area contributed by atoms with Crippen LogP contribution in [0.3, 0.4) is 0 Å². The van der Waals surface area contributed by atoms with Crippen molar-refractivity contribution in [3.8, 4) is 5.75 Å². The number of benzene rings is 1. The number of halogens is 3.